The summed E-state index contributed by atoms with van der Waals surface area (Å²) >= 11 is 0. The van der Waals surface area contributed by atoms with Crippen molar-refractivity contribution in [2.45, 2.75) is 0 Å². The largest absolute Gasteiger partial charge is 0.415 e. The van der Waals surface area contributed by atoms with Crippen LogP contribution in [0.25, 0.3) is 11.2 Å². The number of aromatic nitrogens is 2. The molecule has 0 unspecified atom stereocenters. The summed E-state index contributed by atoms with van der Waals surface area (Å²) in [6, 6.07) is 1.83. The number of hydrogen-bond donors (Lipinski definition) is 1. The van der Waals surface area contributed by atoms with Gasteiger partial charge in [-0.05, 0) is 6.07 Å². The van der Waals surface area contributed by atoms with Crippen LogP contribution < -0.4 is 0 Å². The van der Waals surface area contributed by atoms with Crippen molar-refractivity contribution < 1.29 is 4.42 Å². The Labute approximate surface area is 45.3 Å². The summed E-state index contributed by atoms with van der Waals surface area (Å²) in [5.41, 5.74) is 1.51. The van der Waals surface area contributed by atoms with Crippen LogP contribution in [0.5, 0.6) is 0 Å². The van der Waals surface area contributed by atoms with E-state index in [2.05, 4.69) is 16.4 Å². The van der Waals surface area contributed by atoms with Gasteiger partial charge in [0.05, 0.1) is 0 Å². The molecule has 3 nitrogen and oxygen atoms in total. The molecule has 2 rings (SSSR count). The third kappa shape index (κ3) is 0.307. The number of hydrogen-bond acceptors (Lipinski definition) is 2. The van der Waals surface area contributed by atoms with Crippen molar-refractivity contribution in [1.29, 1.82) is 0 Å². The summed E-state index contributed by atoms with van der Waals surface area (Å²) in [6.07, 6.45) is 4.13. The first-order valence-electron chi connectivity index (χ1n) is 2.27. The molecule has 1 N–H and O–H groups in total. The number of rotatable bonds is 0. The molecule has 2 heterocycles. The molecule has 0 atom stereocenters. The van der Waals surface area contributed by atoms with Crippen LogP contribution in [0.15, 0.2) is 16.7 Å². The second-order valence-electron chi connectivity index (χ2n) is 1.50. The Hall–Kier alpha value is -1.25. The minimum atomic E-state index is 0.685. The van der Waals surface area contributed by atoms with E-state index in [0.29, 0.717) is 5.71 Å². The molecule has 1 radical (unpaired) electrons. The van der Waals surface area contributed by atoms with E-state index in [0.717, 1.165) is 5.52 Å². The molecule has 0 bridgehead atoms. The molecule has 0 saturated heterocycles. The number of nitrogens with one attached hydrogen (secondary N) is 1. The predicted octanol–water partition coefficient (Wildman–Crippen LogP) is 0.956. The van der Waals surface area contributed by atoms with Gasteiger partial charge >= 0.3 is 0 Å². The maximum absolute atomic E-state index is 4.77. The van der Waals surface area contributed by atoms with Crippen molar-refractivity contribution in [2.24, 2.45) is 0 Å². The minimum Gasteiger partial charge on any atom is -0.415 e. The lowest BCUT2D eigenvalue weighted by Crippen LogP contribution is -1.52. The lowest BCUT2D eigenvalue weighted by atomic mass is 10.6. The average molecular weight is 107 g/mol. The zero-order valence-corrected chi connectivity index (χ0v) is 4.01. The number of oxazole rings is 1. The van der Waals surface area contributed by atoms with E-state index >= 15 is 0 Å². The zero-order valence-electron chi connectivity index (χ0n) is 4.01. The highest BCUT2D eigenvalue weighted by Gasteiger charge is 1.94. The van der Waals surface area contributed by atoms with Crippen molar-refractivity contribution in [1.82, 2.24) is 9.97 Å². The fourth-order valence-corrected chi connectivity index (χ4v) is 0.633. The van der Waals surface area contributed by atoms with Gasteiger partial charge in [-0.25, -0.2) is 4.98 Å². The Bertz CT molecular complexity index is 232. The van der Waals surface area contributed by atoms with E-state index in [1.54, 1.807) is 6.20 Å². The van der Waals surface area contributed by atoms with Gasteiger partial charge in [0, 0.05) is 6.20 Å². The zero-order chi connectivity index (χ0) is 5.40. The summed E-state index contributed by atoms with van der Waals surface area (Å²) in [4.78, 5) is 6.59. The van der Waals surface area contributed by atoms with Gasteiger partial charge in [-0.3, -0.25) is 0 Å². The Balaban J connectivity index is 3.06. The molecule has 2 aromatic heterocycles. The van der Waals surface area contributed by atoms with Crippen molar-refractivity contribution >= 4 is 11.2 Å². The SMILES string of the molecule is [c]1nc2cc[nH]c2o1. The molecule has 0 spiro atoms. The lowest BCUT2D eigenvalue weighted by Gasteiger charge is -1.64. The van der Waals surface area contributed by atoms with E-state index < -0.39 is 0 Å². The van der Waals surface area contributed by atoms with Gasteiger partial charge in [-0.1, -0.05) is 0 Å². The van der Waals surface area contributed by atoms with Crippen LogP contribution in [0.3, 0.4) is 0 Å². The van der Waals surface area contributed by atoms with Crippen molar-refractivity contribution in [3.63, 3.8) is 0 Å². The van der Waals surface area contributed by atoms with Crippen LogP contribution in [-0.2, 0) is 0 Å². The molecule has 39 valence electrons. The van der Waals surface area contributed by atoms with Crippen LogP contribution in [0.1, 0.15) is 0 Å². The molecule has 0 aliphatic heterocycles. The highest BCUT2D eigenvalue weighted by Crippen LogP contribution is 2.06. The Kier molecular flexibility index (Phi) is 0.521. The van der Waals surface area contributed by atoms with Crippen molar-refractivity contribution in [3.05, 3.63) is 18.7 Å². The number of aromatic amines is 1. The molecule has 0 aromatic carbocycles. The summed E-state index contributed by atoms with van der Waals surface area (Å²) in [7, 11) is 0. The molecular weight excluding hydrogens is 104 g/mol. The van der Waals surface area contributed by atoms with Gasteiger partial charge in [-0.2, -0.15) is 0 Å². The van der Waals surface area contributed by atoms with Crippen molar-refractivity contribution in [2.75, 3.05) is 0 Å². The molecule has 8 heavy (non-hydrogen) atoms. The maximum atomic E-state index is 4.77. The highest BCUT2D eigenvalue weighted by molar-refractivity contribution is 5.67. The van der Waals surface area contributed by atoms with E-state index in [-0.39, 0.29) is 0 Å². The van der Waals surface area contributed by atoms with Crippen LogP contribution in [0, 0.1) is 6.39 Å². The molecular formula is C5H3N2O. The van der Waals surface area contributed by atoms with Gasteiger partial charge in [0.25, 0.3) is 6.39 Å². The third-order valence-electron chi connectivity index (χ3n) is 1.00. The first-order chi connectivity index (χ1) is 3.97. The summed E-state index contributed by atoms with van der Waals surface area (Å²) in [5.74, 6) is 0. The van der Waals surface area contributed by atoms with Crippen LogP contribution in [0.2, 0.25) is 0 Å². The van der Waals surface area contributed by atoms with Gasteiger partial charge in [-0.15, -0.1) is 0 Å². The summed E-state index contributed by atoms with van der Waals surface area (Å²) in [6.45, 7) is 0. The molecule has 0 aliphatic carbocycles. The number of nitrogens with zero attached hydrogens (tertiary/aromatic N) is 1. The first kappa shape index (κ1) is 3.72. The molecule has 0 amide bonds. The lowest BCUT2D eigenvalue weighted by molar-refractivity contribution is 0.580. The van der Waals surface area contributed by atoms with Crippen LogP contribution in [0.4, 0.5) is 0 Å². The Morgan fingerprint density at radius 3 is 3.62 bits per heavy atom. The monoisotopic (exact) mass is 107 g/mol. The highest BCUT2D eigenvalue weighted by atomic mass is 16.3. The normalized spacial score (nSPS) is 10.5. The smallest absolute Gasteiger partial charge is 0.286 e. The molecule has 2 aromatic rings. The second kappa shape index (κ2) is 1.12. The third-order valence-corrected chi connectivity index (χ3v) is 1.00. The van der Waals surface area contributed by atoms with Gasteiger partial charge < -0.3 is 9.40 Å². The Morgan fingerprint density at radius 2 is 2.75 bits per heavy atom. The quantitative estimate of drug-likeness (QED) is 0.544. The molecule has 0 aliphatic rings. The van der Waals surface area contributed by atoms with E-state index in [1.807, 2.05) is 6.07 Å². The molecule has 0 fully saturated rings. The Morgan fingerprint density at radius 1 is 1.75 bits per heavy atom. The number of fused-ring (bicyclic) bond motifs is 1. The average Bonchev–Trinajstić information content (AvgIpc) is 2.15. The summed E-state index contributed by atoms with van der Waals surface area (Å²) < 4.78 is 4.77. The fraction of sp³-hybridized carbons (Fsp3) is 0. The minimum absolute atomic E-state index is 0.685. The van der Waals surface area contributed by atoms with Gasteiger partial charge in [0.15, 0.2) is 0 Å². The molecule has 3 heteroatoms. The molecule has 0 saturated carbocycles. The maximum Gasteiger partial charge on any atom is 0.286 e. The van der Waals surface area contributed by atoms with Crippen LogP contribution >= 0.6 is 0 Å². The van der Waals surface area contributed by atoms with Crippen LogP contribution in [-0.4, -0.2) is 9.97 Å². The summed E-state index contributed by atoms with van der Waals surface area (Å²) in [5, 5.41) is 0. The van der Waals surface area contributed by atoms with E-state index in [1.165, 1.54) is 0 Å². The van der Waals surface area contributed by atoms with E-state index in [4.69, 9.17) is 4.42 Å². The topological polar surface area (TPSA) is 41.8 Å². The second-order valence-corrected chi connectivity index (χ2v) is 1.50. The standard InChI is InChI=1S/C5H3N2O/c1-2-6-5-4(1)7-3-8-5/h1-2,6H. The first-order valence-corrected chi connectivity index (χ1v) is 2.27. The fourth-order valence-electron chi connectivity index (χ4n) is 0.633. The number of H-pyrrole nitrogens is 1. The van der Waals surface area contributed by atoms with Crippen molar-refractivity contribution in [3.8, 4) is 0 Å². The van der Waals surface area contributed by atoms with E-state index in [9.17, 15) is 0 Å². The van der Waals surface area contributed by atoms with Gasteiger partial charge in [0.1, 0.15) is 5.52 Å². The predicted molar refractivity (Wildman–Crippen MR) is 27.2 cm³/mol. The van der Waals surface area contributed by atoms with Gasteiger partial charge in [0.2, 0.25) is 5.71 Å².